The Balaban J connectivity index is 1.61. The van der Waals surface area contributed by atoms with Crippen LogP contribution in [0.2, 0.25) is 0 Å². The summed E-state index contributed by atoms with van der Waals surface area (Å²) in [6.45, 7) is 2.06. The molecule has 1 saturated heterocycles. The van der Waals surface area contributed by atoms with Crippen molar-refractivity contribution in [3.63, 3.8) is 0 Å². The minimum absolute atomic E-state index is 0.159. The number of anilines is 2. The molecule has 0 aliphatic carbocycles. The lowest BCUT2D eigenvalue weighted by molar-refractivity contribution is -0.114. The second-order valence-electron chi connectivity index (χ2n) is 7.35. The number of amides is 2. The number of aromatic nitrogens is 5. The molecule has 3 aromatic heterocycles. The van der Waals surface area contributed by atoms with Gasteiger partial charge in [0.15, 0.2) is 17.3 Å². The van der Waals surface area contributed by atoms with Gasteiger partial charge in [-0.2, -0.15) is 5.10 Å². The van der Waals surface area contributed by atoms with Crippen molar-refractivity contribution >= 4 is 34.5 Å². The maximum atomic E-state index is 14.2. The average Bonchev–Trinajstić information content (AvgIpc) is 3.39. The third kappa shape index (κ3) is 3.84. The Hall–Kier alpha value is -4.41. The SMILES string of the molecule is CC(=O)Nc1nc(-c2nn(Cc3ccccc3F)c3ncccc23)ncc1N1CCOC1=O. The zero-order valence-corrected chi connectivity index (χ0v) is 17.5. The molecule has 4 aromatic rings. The van der Waals surface area contributed by atoms with Crippen LogP contribution in [0.15, 0.2) is 48.8 Å². The molecule has 0 spiro atoms. The number of pyridine rings is 1. The second kappa shape index (κ2) is 8.26. The van der Waals surface area contributed by atoms with Crippen LogP contribution in [0.3, 0.4) is 0 Å². The summed E-state index contributed by atoms with van der Waals surface area (Å²) >= 11 is 0. The van der Waals surface area contributed by atoms with E-state index in [0.717, 1.165) is 0 Å². The van der Waals surface area contributed by atoms with E-state index >= 15 is 0 Å². The molecule has 11 heteroatoms. The first-order valence-corrected chi connectivity index (χ1v) is 10.2. The van der Waals surface area contributed by atoms with Gasteiger partial charge in [-0.15, -0.1) is 0 Å². The molecule has 1 aliphatic heterocycles. The Bertz CT molecular complexity index is 1390. The zero-order chi connectivity index (χ0) is 22.9. The molecular formula is C22H18FN7O3. The van der Waals surface area contributed by atoms with Gasteiger partial charge in [0.1, 0.15) is 23.8 Å². The normalized spacial score (nSPS) is 13.4. The monoisotopic (exact) mass is 447 g/mol. The molecule has 4 heterocycles. The van der Waals surface area contributed by atoms with E-state index in [2.05, 4.69) is 25.4 Å². The number of cyclic esters (lactones) is 1. The van der Waals surface area contributed by atoms with Gasteiger partial charge in [-0.3, -0.25) is 9.69 Å². The van der Waals surface area contributed by atoms with Gasteiger partial charge in [-0.25, -0.2) is 28.8 Å². The molecule has 166 valence electrons. The maximum Gasteiger partial charge on any atom is 0.414 e. The first kappa shape index (κ1) is 20.5. The number of nitrogens with one attached hydrogen (secondary N) is 1. The number of nitrogens with zero attached hydrogens (tertiary/aromatic N) is 6. The topological polar surface area (TPSA) is 115 Å². The van der Waals surface area contributed by atoms with Crippen LogP contribution in [0.25, 0.3) is 22.6 Å². The molecule has 10 nitrogen and oxygen atoms in total. The Labute approximate surface area is 187 Å². The summed E-state index contributed by atoms with van der Waals surface area (Å²) in [4.78, 5) is 38.4. The fraction of sp³-hybridized carbons (Fsp3) is 0.182. The number of hydrogen-bond donors (Lipinski definition) is 1. The van der Waals surface area contributed by atoms with Crippen molar-refractivity contribution in [2.75, 3.05) is 23.4 Å². The Morgan fingerprint density at radius 3 is 2.82 bits per heavy atom. The summed E-state index contributed by atoms with van der Waals surface area (Å²) in [6.07, 6.45) is 2.53. The Morgan fingerprint density at radius 1 is 1.21 bits per heavy atom. The van der Waals surface area contributed by atoms with Gasteiger partial charge in [-0.05, 0) is 18.2 Å². The van der Waals surface area contributed by atoms with Crippen LogP contribution < -0.4 is 10.2 Å². The van der Waals surface area contributed by atoms with Gasteiger partial charge < -0.3 is 10.1 Å². The number of halogens is 1. The highest BCUT2D eigenvalue weighted by atomic mass is 19.1. The zero-order valence-electron chi connectivity index (χ0n) is 17.5. The molecule has 1 N–H and O–H groups in total. The predicted molar refractivity (Wildman–Crippen MR) is 117 cm³/mol. The highest BCUT2D eigenvalue weighted by Gasteiger charge is 2.28. The van der Waals surface area contributed by atoms with Crippen LogP contribution >= 0.6 is 0 Å². The summed E-state index contributed by atoms with van der Waals surface area (Å²) < 4.78 is 20.8. The average molecular weight is 447 g/mol. The van der Waals surface area contributed by atoms with Crippen LogP contribution in [-0.4, -0.2) is 49.9 Å². The van der Waals surface area contributed by atoms with Gasteiger partial charge in [0.05, 0.1) is 24.7 Å². The van der Waals surface area contributed by atoms with Crippen molar-refractivity contribution in [2.24, 2.45) is 0 Å². The number of carbonyl (C=O) groups is 2. The molecule has 0 unspecified atom stereocenters. The van der Waals surface area contributed by atoms with Gasteiger partial charge in [0, 0.05) is 18.7 Å². The van der Waals surface area contributed by atoms with Crippen LogP contribution in [0.4, 0.5) is 20.7 Å². The molecule has 0 bridgehead atoms. The first-order valence-electron chi connectivity index (χ1n) is 10.2. The lowest BCUT2D eigenvalue weighted by Gasteiger charge is -2.16. The van der Waals surface area contributed by atoms with Crippen LogP contribution in [0.1, 0.15) is 12.5 Å². The van der Waals surface area contributed by atoms with E-state index < -0.39 is 6.09 Å². The molecule has 1 aliphatic rings. The van der Waals surface area contributed by atoms with E-state index in [4.69, 9.17) is 4.74 Å². The number of rotatable bonds is 5. The molecule has 0 radical (unpaired) electrons. The van der Waals surface area contributed by atoms with Gasteiger partial charge in [-0.1, -0.05) is 18.2 Å². The van der Waals surface area contributed by atoms with E-state index in [1.165, 1.54) is 24.1 Å². The third-order valence-corrected chi connectivity index (χ3v) is 5.11. The quantitative estimate of drug-likeness (QED) is 0.500. The lowest BCUT2D eigenvalue weighted by atomic mass is 10.2. The summed E-state index contributed by atoms with van der Waals surface area (Å²) in [6, 6.07) is 10.0. The number of benzene rings is 1. The minimum atomic E-state index is -0.540. The Kier molecular flexibility index (Phi) is 5.13. The smallest absolute Gasteiger partial charge is 0.414 e. The Morgan fingerprint density at radius 2 is 2.06 bits per heavy atom. The van der Waals surface area contributed by atoms with Crippen molar-refractivity contribution in [2.45, 2.75) is 13.5 Å². The van der Waals surface area contributed by atoms with Gasteiger partial charge >= 0.3 is 6.09 Å². The molecule has 5 rings (SSSR count). The van der Waals surface area contributed by atoms with E-state index in [0.29, 0.717) is 34.5 Å². The number of carbonyl (C=O) groups excluding carboxylic acids is 2. The second-order valence-corrected chi connectivity index (χ2v) is 7.35. The highest BCUT2D eigenvalue weighted by Crippen LogP contribution is 2.31. The van der Waals surface area contributed by atoms with Gasteiger partial charge in [0.2, 0.25) is 5.91 Å². The summed E-state index contributed by atoms with van der Waals surface area (Å²) in [7, 11) is 0. The van der Waals surface area contributed by atoms with Crippen molar-refractivity contribution < 1.29 is 18.7 Å². The van der Waals surface area contributed by atoms with E-state index in [-0.39, 0.29) is 36.5 Å². The largest absolute Gasteiger partial charge is 0.447 e. The molecule has 0 saturated carbocycles. The minimum Gasteiger partial charge on any atom is -0.447 e. The number of ether oxygens (including phenoxy) is 1. The maximum absolute atomic E-state index is 14.2. The van der Waals surface area contributed by atoms with E-state index in [9.17, 15) is 14.0 Å². The standard InChI is InChI=1S/C22H18FN7O3/c1-13(31)26-19-17(29-9-10-33-22(29)32)11-25-20(27-19)18-15-6-4-8-24-21(15)30(28-18)12-14-5-2-3-7-16(14)23/h2-8,11H,9-10,12H2,1H3,(H,25,26,27,31). The summed E-state index contributed by atoms with van der Waals surface area (Å²) in [5, 5.41) is 7.91. The van der Waals surface area contributed by atoms with Crippen molar-refractivity contribution in [3.8, 4) is 11.5 Å². The van der Waals surface area contributed by atoms with Crippen LogP contribution in [-0.2, 0) is 16.1 Å². The first-order chi connectivity index (χ1) is 16.0. The third-order valence-electron chi connectivity index (χ3n) is 5.11. The summed E-state index contributed by atoms with van der Waals surface area (Å²) in [5.74, 6) is -0.317. The van der Waals surface area contributed by atoms with E-state index in [1.54, 1.807) is 35.1 Å². The van der Waals surface area contributed by atoms with E-state index in [1.807, 2.05) is 6.07 Å². The fourth-order valence-corrected chi connectivity index (χ4v) is 3.63. The van der Waals surface area contributed by atoms with Gasteiger partial charge in [0.25, 0.3) is 0 Å². The van der Waals surface area contributed by atoms with Crippen molar-refractivity contribution in [1.29, 1.82) is 0 Å². The highest BCUT2D eigenvalue weighted by molar-refractivity contribution is 5.98. The van der Waals surface area contributed by atoms with Crippen LogP contribution in [0, 0.1) is 5.82 Å². The number of hydrogen-bond acceptors (Lipinski definition) is 7. The lowest BCUT2D eigenvalue weighted by Crippen LogP contribution is -2.26. The molecule has 2 amide bonds. The predicted octanol–water partition coefficient (Wildman–Crippen LogP) is 2.99. The molecule has 1 fully saturated rings. The molecule has 1 aromatic carbocycles. The van der Waals surface area contributed by atoms with Crippen molar-refractivity contribution in [3.05, 3.63) is 60.2 Å². The fourth-order valence-electron chi connectivity index (χ4n) is 3.63. The molecular weight excluding hydrogens is 429 g/mol. The van der Waals surface area contributed by atoms with Crippen LogP contribution in [0.5, 0.6) is 0 Å². The summed E-state index contributed by atoms with van der Waals surface area (Å²) in [5.41, 5.74) is 1.73. The molecule has 0 atom stereocenters. The number of fused-ring (bicyclic) bond motifs is 1. The van der Waals surface area contributed by atoms with Crippen molar-refractivity contribution in [1.82, 2.24) is 24.7 Å². The molecule has 33 heavy (non-hydrogen) atoms.